The highest BCUT2D eigenvalue weighted by Gasteiger charge is 2.22. The fourth-order valence-corrected chi connectivity index (χ4v) is 3.36. The molecule has 1 amide bonds. The Morgan fingerprint density at radius 3 is 2.86 bits per heavy atom. The maximum absolute atomic E-state index is 12.3. The van der Waals surface area contributed by atoms with Gasteiger partial charge in [0.25, 0.3) is 0 Å². The number of hydrogen-bond donors (Lipinski definition) is 1. The molecule has 7 heteroatoms. The molecular formula is C21H20ClN3O3. The van der Waals surface area contributed by atoms with Crippen LogP contribution in [0.2, 0.25) is 5.02 Å². The minimum absolute atomic E-state index is 0.00244. The van der Waals surface area contributed by atoms with Gasteiger partial charge in [0.1, 0.15) is 5.75 Å². The number of amides is 1. The molecular weight excluding hydrogens is 378 g/mol. The highest BCUT2D eigenvalue weighted by molar-refractivity contribution is 6.30. The van der Waals surface area contributed by atoms with Gasteiger partial charge < -0.3 is 14.6 Å². The van der Waals surface area contributed by atoms with Gasteiger partial charge in [0.2, 0.25) is 17.6 Å². The summed E-state index contributed by atoms with van der Waals surface area (Å²) in [6, 6.07) is 15.1. The second kappa shape index (κ2) is 8.44. The molecule has 28 heavy (non-hydrogen) atoms. The van der Waals surface area contributed by atoms with E-state index in [2.05, 4.69) is 15.5 Å². The van der Waals surface area contributed by atoms with Gasteiger partial charge in [-0.3, -0.25) is 4.79 Å². The number of aromatic nitrogens is 2. The smallest absolute Gasteiger partial charge is 0.226 e. The topological polar surface area (TPSA) is 77.2 Å². The number of benzene rings is 2. The monoisotopic (exact) mass is 397 g/mol. The Bertz CT molecular complexity index is 956. The lowest BCUT2D eigenvalue weighted by Gasteiger charge is -2.26. The summed E-state index contributed by atoms with van der Waals surface area (Å²) in [6.45, 7) is 0.609. The van der Waals surface area contributed by atoms with Crippen LogP contribution in [0.5, 0.6) is 5.75 Å². The zero-order chi connectivity index (χ0) is 19.3. The van der Waals surface area contributed by atoms with Crippen molar-refractivity contribution < 1.29 is 14.1 Å². The van der Waals surface area contributed by atoms with Crippen molar-refractivity contribution in [2.75, 3.05) is 6.61 Å². The van der Waals surface area contributed by atoms with Crippen molar-refractivity contribution in [1.82, 2.24) is 15.5 Å². The van der Waals surface area contributed by atoms with E-state index in [1.165, 1.54) is 0 Å². The fourth-order valence-electron chi connectivity index (χ4n) is 3.23. The molecule has 1 aliphatic heterocycles. The lowest BCUT2D eigenvalue weighted by atomic mass is 10.0. The van der Waals surface area contributed by atoms with Crippen molar-refractivity contribution in [3.8, 4) is 17.1 Å². The van der Waals surface area contributed by atoms with Gasteiger partial charge in [0, 0.05) is 35.4 Å². The normalized spacial score (nSPS) is 15.5. The van der Waals surface area contributed by atoms with Crippen LogP contribution >= 0.6 is 11.6 Å². The van der Waals surface area contributed by atoms with Gasteiger partial charge in [-0.1, -0.05) is 35.0 Å². The number of hydrogen-bond acceptors (Lipinski definition) is 5. The Hall–Kier alpha value is -2.86. The minimum Gasteiger partial charge on any atom is -0.493 e. The Morgan fingerprint density at radius 1 is 1.18 bits per heavy atom. The van der Waals surface area contributed by atoms with E-state index in [9.17, 15) is 4.79 Å². The second-order valence-corrected chi connectivity index (χ2v) is 7.10. The summed E-state index contributed by atoms with van der Waals surface area (Å²) >= 11 is 5.89. The summed E-state index contributed by atoms with van der Waals surface area (Å²) in [4.78, 5) is 16.7. The van der Waals surface area contributed by atoms with E-state index in [-0.39, 0.29) is 11.9 Å². The third-order valence-electron chi connectivity index (χ3n) is 4.66. The first-order valence-electron chi connectivity index (χ1n) is 9.28. The van der Waals surface area contributed by atoms with E-state index in [4.69, 9.17) is 20.9 Å². The van der Waals surface area contributed by atoms with Crippen LogP contribution in [0.4, 0.5) is 0 Å². The van der Waals surface area contributed by atoms with Gasteiger partial charge in [-0.25, -0.2) is 0 Å². The lowest BCUT2D eigenvalue weighted by molar-refractivity contribution is -0.122. The van der Waals surface area contributed by atoms with Gasteiger partial charge in [-0.05, 0) is 36.8 Å². The number of carbonyl (C=O) groups is 1. The maximum atomic E-state index is 12.3. The molecule has 4 rings (SSSR count). The number of aryl methyl sites for hydroxylation is 1. The summed E-state index contributed by atoms with van der Waals surface area (Å²) < 4.78 is 10.9. The van der Waals surface area contributed by atoms with E-state index in [1.54, 1.807) is 12.1 Å². The van der Waals surface area contributed by atoms with Crippen molar-refractivity contribution in [2.45, 2.75) is 31.7 Å². The van der Waals surface area contributed by atoms with Crippen LogP contribution in [-0.4, -0.2) is 22.7 Å². The van der Waals surface area contributed by atoms with Gasteiger partial charge in [-0.2, -0.15) is 4.98 Å². The Balaban J connectivity index is 1.28. The van der Waals surface area contributed by atoms with Crippen LogP contribution < -0.4 is 10.1 Å². The largest absolute Gasteiger partial charge is 0.493 e. The average molecular weight is 398 g/mol. The molecule has 0 fully saturated rings. The predicted molar refractivity (Wildman–Crippen MR) is 105 cm³/mol. The third kappa shape index (κ3) is 4.34. The number of ether oxygens (including phenoxy) is 1. The highest BCUT2D eigenvalue weighted by Crippen LogP contribution is 2.31. The summed E-state index contributed by atoms with van der Waals surface area (Å²) in [5, 5.41) is 7.75. The summed E-state index contributed by atoms with van der Waals surface area (Å²) in [5.74, 6) is 1.91. The summed E-state index contributed by atoms with van der Waals surface area (Å²) in [7, 11) is 0. The molecule has 2 aromatic carbocycles. The lowest BCUT2D eigenvalue weighted by Crippen LogP contribution is -2.32. The molecule has 1 aliphatic rings. The van der Waals surface area contributed by atoms with Crippen LogP contribution in [0.3, 0.4) is 0 Å². The molecule has 0 bridgehead atoms. The van der Waals surface area contributed by atoms with Gasteiger partial charge in [-0.15, -0.1) is 0 Å². The van der Waals surface area contributed by atoms with E-state index < -0.39 is 0 Å². The molecule has 0 aliphatic carbocycles. The van der Waals surface area contributed by atoms with Crippen LogP contribution in [0.25, 0.3) is 11.4 Å². The van der Waals surface area contributed by atoms with Crippen LogP contribution in [0.1, 0.15) is 36.8 Å². The molecule has 144 valence electrons. The molecule has 1 N–H and O–H groups in total. The number of rotatable bonds is 6. The number of fused-ring (bicyclic) bond motifs is 1. The number of carbonyl (C=O) groups excluding carboxylic acids is 1. The summed E-state index contributed by atoms with van der Waals surface area (Å²) in [6.07, 6.45) is 2.37. The SMILES string of the molecule is O=C(CCCc1nc(-c2ccc(Cl)cc2)no1)NC1CCOc2ccccc21. The Kier molecular flexibility index (Phi) is 5.58. The van der Waals surface area contributed by atoms with Crippen LogP contribution in [-0.2, 0) is 11.2 Å². The van der Waals surface area contributed by atoms with Crippen LogP contribution in [0, 0.1) is 0 Å². The Labute approximate surface area is 167 Å². The van der Waals surface area contributed by atoms with Crippen molar-refractivity contribution in [3.05, 3.63) is 65.0 Å². The molecule has 0 saturated heterocycles. The van der Waals surface area contributed by atoms with Gasteiger partial charge in [0.15, 0.2) is 0 Å². The molecule has 1 aromatic heterocycles. The van der Waals surface area contributed by atoms with Gasteiger partial charge in [0.05, 0.1) is 12.6 Å². The first-order valence-corrected chi connectivity index (χ1v) is 9.66. The second-order valence-electron chi connectivity index (χ2n) is 6.67. The molecule has 1 unspecified atom stereocenters. The van der Waals surface area contributed by atoms with E-state index >= 15 is 0 Å². The molecule has 1 atom stereocenters. The van der Waals surface area contributed by atoms with E-state index in [0.717, 1.165) is 23.3 Å². The minimum atomic E-state index is -0.00244. The van der Waals surface area contributed by atoms with Crippen LogP contribution in [0.15, 0.2) is 53.1 Å². The third-order valence-corrected chi connectivity index (χ3v) is 4.91. The maximum Gasteiger partial charge on any atom is 0.226 e. The van der Waals surface area contributed by atoms with E-state index in [0.29, 0.717) is 42.6 Å². The number of nitrogens with zero attached hydrogens (tertiary/aromatic N) is 2. The summed E-state index contributed by atoms with van der Waals surface area (Å²) in [5.41, 5.74) is 1.88. The molecule has 6 nitrogen and oxygen atoms in total. The number of nitrogens with one attached hydrogen (secondary N) is 1. The molecule has 0 saturated carbocycles. The van der Waals surface area contributed by atoms with Crippen molar-refractivity contribution >= 4 is 17.5 Å². The first-order chi connectivity index (χ1) is 13.7. The average Bonchev–Trinajstić information content (AvgIpc) is 3.18. The zero-order valence-corrected chi connectivity index (χ0v) is 16.0. The molecule has 0 spiro atoms. The molecule has 0 radical (unpaired) electrons. The number of halogens is 1. The first kappa shape index (κ1) is 18.5. The zero-order valence-electron chi connectivity index (χ0n) is 15.2. The van der Waals surface area contributed by atoms with Crippen molar-refractivity contribution in [2.24, 2.45) is 0 Å². The standard InChI is InChI=1S/C21H20ClN3O3/c22-15-10-8-14(9-11-15)21-24-20(28-25-21)7-3-6-19(26)23-17-12-13-27-18-5-2-1-4-16(17)18/h1-2,4-5,8-11,17H,3,6-7,12-13H2,(H,23,26). The Morgan fingerprint density at radius 2 is 2.00 bits per heavy atom. The van der Waals surface area contributed by atoms with Crippen molar-refractivity contribution in [3.63, 3.8) is 0 Å². The highest BCUT2D eigenvalue weighted by atomic mass is 35.5. The van der Waals surface area contributed by atoms with Gasteiger partial charge >= 0.3 is 0 Å². The molecule has 2 heterocycles. The quantitative estimate of drug-likeness (QED) is 0.669. The fraction of sp³-hybridized carbons (Fsp3) is 0.286. The number of para-hydroxylation sites is 1. The predicted octanol–water partition coefficient (Wildman–Crippen LogP) is 4.35. The molecule has 3 aromatic rings. The van der Waals surface area contributed by atoms with E-state index in [1.807, 2.05) is 36.4 Å². The van der Waals surface area contributed by atoms with Crippen molar-refractivity contribution in [1.29, 1.82) is 0 Å².